The Kier molecular flexibility index (Phi) is 3.83. The fraction of sp³-hybridized carbons (Fsp3) is 0.348. The zero-order valence-corrected chi connectivity index (χ0v) is 16.3. The number of nitrogens with zero attached hydrogens (tertiary/aromatic N) is 1. The number of aromatic nitrogens is 1. The van der Waals surface area contributed by atoms with Crippen molar-refractivity contribution in [3.63, 3.8) is 0 Å². The van der Waals surface area contributed by atoms with Crippen LogP contribution in [-0.2, 0) is 4.79 Å². The average molecular weight is 379 g/mol. The van der Waals surface area contributed by atoms with E-state index in [1.807, 2.05) is 24.3 Å². The summed E-state index contributed by atoms with van der Waals surface area (Å²) in [4.78, 5) is 18.8. The van der Waals surface area contributed by atoms with Gasteiger partial charge in [-0.3, -0.25) is 4.79 Å². The van der Waals surface area contributed by atoms with Crippen molar-refractivity contribution in [3.05, 3.63) is 70.4 Å². The van der Waals surface area contributed by atoms with Crippen LogP contribution in [0.1, 0.15) is 49.0 Å². The number of hydrogen-bond acceptors (Lipinski definition) is 1. The van der Waals surface area contributed by atoms with Crippen molar-refractivity contribution in [3.8, 4) is 0 Å². The van der Waals surface area contributed by atoms with E-state index in [0.29, 0.717) is 12.5 Å². The third kappa shape index (κ3) is 2.60. The lowest BCUT2D eigenvalue weighted by atomic mass is 9.83. The van der Waals surface area contributed by atoms with Gasteiger partial charge in [0.2, 0.25) is 5.91 Å². The molecular formula is C23H23ClN2O. The Bertz CT molecular complexity index is 1040. The Morgan fingerprint density at radius 2 is 1.81 bits per heavy atom. The van der Waals surface area contributed by atoms with Gasteiger partial charge in [-0.2, -0.15) is 0 Å². The summed E-state index contributed by atoms with van der Waals surface area (Å²) in [6, 6.07) is 16.5. The van der Waals surface area contributed by atoms with Crippen LogP contribution in [0, 0.1) is 11.8 Å². The summed E-state index contributed by atoms with van der Waals surface area (Å²) in [5, 5.41) is 2.00. The first-order valence-electron chi connectivity index (χ1n) is 9.71. The Balaban J connectivity index is 1.69. The highest BCUT2D eigenvalue weighted by Gasteiger charge is 2.45. The Morgan fingerprint density at radius 3 is 2.56 bits per heavy atom. The van der Waals surface area contributed by atoms with E-state index in [9.17, 15) is 4.79 Å². The smallest absolute Gasteiger partial charge is 0.226 e. The SMILES string of the molecule is C[C@@H]1C[C@@H]1C(=O)N1C[C@H](c2ccccc2Cl)c2c([nH]c3ccccc23)[C@H]1C. The number of carbonyl (C=O) groups excluding carboxylic acids is 1. The molecule has 0 spiro atoms. The molecule has 5 rings (SSSR count). The molecule has 0 unspecified atom stereocenters. The largest absolute Gasteiger partial charge is 0.356 e. The maximum Gasteiger partial charge on any atom is 0.226 e. The second kappa shape index (κ2) is 6.13. The van der Waals surface area contributed by atoms with E-state index < -0.39 is 0 Å². The molecule has 4 atom stereocenters. The van der Waals surface area contributed by atoms with Gasteiger partial charge >= 0.3 is 0 Å². The van der Waals surface area contributed by atoms with E-state index in [1.54, 1.807) is 0 Å². The van der Waals surface area contributed by atoms with Gasteiger partial charge in [0.05, 0.1) is 6.04 Å². The van der Waals surface area contributed by atoms with Gasteiger partial charge in [0.25, 0.3) is 0 Å². The number of nitrogens with one attached hydrogen (secondary N) is 1. The van der Waals surface area contributed by atoms with E-state index in [-0.39, 0.29) is 23.8 Å². The van der Waals surface area contributed by atoms with Crippen molar-refractivity contribution < 1.29 is 4.79 Å². The number of hydrogen-bond donors (Lipinski definition) is 1. The van der Waals surface area contributed by atoms with E-state index in [1.165, 1.54) is 10.9 Å². The molecule has 1 saturated carbocycles. The van der Waals surface area contributed by atoms with E-state index in [4.69, 9.17) is 11.6 Å². The fourth-order valence-corrected chi connectivity index (χ4v) is 4.93. The van der Waals surface area contributed by atoms with Crippen molar-refractivity contribution in [1.82, 2.24) is 9.88 Å². The van der Waals surface area contributed by atoms with Crippen LogP contribution in [0.3, 0.4) is 0 Å². The predicted molar refractivity (Wildman–Crippen MR) is 109 cm³/mol. The normalized spacial score (nSPS) is 26.9. The molecule has 0 radical (unpaired) electrons. The molecule has 3 nitrogen and oxygen atoms in total. The fourth-order valence-electron chi connectivity index (χ4n) is 4.66. The van der Waals surface area contributed by atoms with Crippen LogP contribution in [0.15, 0.2) is 48.5 Å². The van der Waals surface area contributed by atoms with Gasteiger partial charge in [-0.1, -0.05) is 54.9 Å². The Labute approximate surface area is 164 Å². The van der Waals surface area contributed by atoms with E-state index in [2.05, 4.69) is 48.0 Å². The van der Waals surface area contributed by atoms with Crippen LogP contribution in [0.2, 0.25) is 5.02 Å². The summed E-state index contributed by atoms with van der Waals surface area (Å²) in [7, 11) is 0. The number of amides is 1. The molecule has 3 aromatic rings. The van der Waals surface area contributed by atoms with Crippen molar-refractivity contribution >= 4 is 28.4 Å². The second-order valence-corrected chi connectivity index (χ2v) is 8.47. The summed E-state index contributed by atoms with van der Waals surface area (Å²) in [5.41, 5.74) is 4.66. The van der Waals surface area contributed by atoms with Crippen LogP contribution in [0.4, 0.5) is 0 Å². The monoisotopic (exact) mass is 378 g/mol. The third-order valence-corrected chi connectivity index (χ3v) is 6.72. The second-order valence-electron chi connectivity index (χ2n) is 8.06. The molecule has 1 fully saturated rings. The van der Waals surface area contributed by atoms with Gasteiger partial charge in [-0.05, 0) is 42.5 Å². The van der Waals surface area contributed by atoms with Crippen LogP contribution in [0.5, 0.6) is 0 Å². The van der Waals surface area contributed by atoms with Gasteiger partial charge in [-0.15, -0.1) is 0 Å². The Morgan fingerprint density at radius 1 is 1.11 bits per heavy atom. The summed E-state index contributed by atoms with van der Waals surface area (Å²) >= 11 is 6.59. The van der Waals surface area contributed by atoms with Crippen LogP contribution in [0.25, 0.3) is 10.9 Å². The highest BCUT2D eigenvalue weighted by atomic mass is 35.5. The highest BCUT2D eigenvalue weighted by molar-refractivity contribution is 6.31. The average Bonchev–Trinajstić information content (AvgIpc) is 3.27. The number of aromatic amines is 1. The standard InChI is InChI=1S/C23H23ClN2O/c1-13-11-17(13)23(27)26-12-18(15-7-3-5-9-19(15)24)21-16-8-4-6-10-20(16)25-22(21)14(26)2/h3-10,13-14,17-18,25H,11-12H2,1-2H3/t13-,14-,17+,18-/m1/s1. The number of halogens is 1. The maximum atomic E-state index is 13.1. The number of para-hydroxylation sites is 1. The number of rotatable bonds is 2. The van der Waals surface area contributed by atoms with Crippen LogP contribution in [-0.4, -0.2) is 22.3 Å². The summed E-state index contributed by atoms with van der Waals surface area (Å²) < 4.78 is 0. The first-order chi connectivity index (χ1) is 13.1. The molecule has 2 heterocycles. The van der Waals surface area contributed by atoms with Crippen LogP contribution < -0.4 is 0 Å². The van der Waals surface area contributed by atoms with E-state index in [0.717, 1.165) is 28.2 Å². The minimum atomic E-state index is 0.0476. The molecule has 1 amide bonds. The topological polar surface area (TPSA) is 36.1 Å². The lowest BCUT2D eigenvalue weighted by Crippen LogP contribution is -2.42. The lowest BCUT2D eigenvalue weighted by molar-refractivity contribution is -0.135. The maximum absolute atomic E-state index is 13.1. The van der Waals surface area contributed by atoms with Gasteiger partial charge < -0.3 is 9.88 Å². The first kappa shape index (κ1) is 16.9. The molecule has 4 heteroatoms. The number of carbonyl (C=O) groups is 1. The molecule has 0 saturated heterocycles. The summed E-state index contributed by atoms with van der Waals surface area (Å²) in [6.07, 6.45) is 1.01. The van der Waals surface area contributed by atoms with Crippen molar-refractivity contribution in [1.29, 1.82) is 0 Å². The van der Waals surface area contributed by atoms with Gasteiger partial charge in [0.1, 0.15) is 0 Å². The lowest BCUT2D eigenvalue weighted by Gasteiger charge is -2.39. The molecule has 2 aromatic carbocycles. The number of H-pyrrole nitrogens is 1. The number of benzene rings is 2. The Hall–Kier alpha value is -2.26. The third-order valence-electron chi connectivity index (χ3n) is 6.38. The summed E-state index contributed by atoms with van der Waals surface area (Å²) in [5.74, 6) is 1.06. The van der Waals surface area contributed by atoms with Crippen LogP contribution >= 0.6 is 11.6 Å². The molecule has 27 heavy (non-hydrogen) atoms. The predicted octanol–water partition coefficient (Wildman–Crippen LogP) is 5.51. The van der Waals surface area contributed by atoms with Crippen molar-refractivity contribution in [2.24, 2.45) is 11.8 Å². The zero-order valence-electron chi connectivity index (χ0n) is 15.6. The zero-order chi connectivity index (χ0) is 18.7. The van der Waals surface area contributed by atoms with Crippen molar-refractivity contribution in [2.75, 3.05) is 6.54 Å². The molecule has 1 aromatic heterocycles. The summed E-state index contributed by atoms with van der Waals surface area (Å²) in [6.45, 7) is 4.99. The highest BCUT2D eigenvalue weighted by Crippen LogP contribution is 2.47. The van der Waals surface area contributed by atoms with E-state index >= 15 is 0 Å². The molecule has 0 bridgehead atoms. The first-order valence-corrected chi connectivity index (χ1v) is 10.1. The molecule has 1 aliphatic heterocycles. The van der Waals surface area contributed by atoms with Crippen molar-refractivity contribution in [2.45, 2.75) is 32.2 Å². The quantitative estimate of drug-likeness (QED) is 0.626. The molecule has 1 N–H and O–H groups in total. The number of fused-ring (bicyclic) bond motifs is 3. The molecule has 2 aliphatic rings. The van der Waals surface area contributed by atoms with Gasteiger partial charge in [0, 0.05) is 40.0 Å². The molecule has 1 aliphatic carbocycles. The molecule has 138 valence electrons. The molecular weight excluding hydrogens is 356 g/mol. The van der Waals surface area contributed by atoms with Gasteiger partial charge in [0.15, 0.2) is 0 Å². The minimum Gasteiger partial charge on any atom is -0.356 e. The minimum absolute atomic E-state index is 0.0476. The van der Waals surface area contributed by atoms with Gasteiger partial charge in [-0.25, -0.2) is 0 Å².